The van der Waals surface area contributed by atoms with Gasteiger partial charge >= 0.3 is 18.2 Å². The number of ether oxygens (including phenoxy) is 3. The van der Waals surface area contributed by atoms with Gasteiger partial charge in [-0.1, -0.05) is 0 Å². The molecule has 3 aliphatic carbocycles. The van der Waals surface area contributed by atoms with Crippen LogP contribution >= 0.6 is 0 Å². The van der Waals surface area contributed by atoms with Gasteiger partial charge in [0.25, 0.3) is 0 Å². The minimum atomic E-state index is -0.741. The average Bonchev–Trinajstić information content (AvgIpc) is 2.29. The number of esters is 1. The molecule has 0 aromatic rings. The zero-order valence-electron chi connectivity index (χ0n) is 16.0. The van der Waals surface area contributed by atoms with Gasteiger partial charge in [-0.25, -0.2) is 20.0 Å². The SMILES string of the molecule is COC(=O)C12CC(N(NC(=O)OC(C)(C)C)C(=O)OC(C)(C)C)(C1)C2. The number of hydrazine groups is 1. The highest BCUT2D eigenvalue weighted by Crippen LogP contribution is 2.70. The van der Waals surface area contributed by atoms with E-state index in [4.69, 9.17) is 14.2 Å². The zero-order valence-corrected chi connectivity index (χ0v) is 16.0. The van der Waals surface area contributed by atoms with Crippen LogP contribution < -0.4 is 5.43 Å². The van der Waals surface area contributed by atoms with Gasteiger partial charge in [0.05, 0.1) is 18.1 Å². The van der Waals surface area contributed by atoms with E-state index in [9.17, 15) is 14.4 Å². The maximum absolute atomic E-state index is 12.6. The van der Waals surface area contributed by atoms with Crippen molar-refractivity contribution in [3.05, 3.63) is 0 Å². The molecule has 0 aromatic carbocycles. The van der Waals surface area contributed by atoms with Gasteiger partial charge in [-0.3, -0.25) is 4.79 Å². The lowest BCUT2D eigenvalue weighted by Gasteiger charge is -2.70. The quantitative estimate of drug-likeness (QED) is 0.464. The van der Waals surface area contributed by atoms with E-state index in [2.05, 4.69) is 5.43 Å². The summed E-state index contributed by atoms with van der Waals surface area (Å²) in [6.45, 7) is 10.4. The second-order valence-corrected chi connectivity index (χ2v) is 8.96. The first-order valence-electron chi connectivity index (χ1n) is 8.33. The second-order valence-electron chi connectivity index (χ2n) is 8.96. The number of carbonyl (C=O) groups is 3. The van der Waals surface area contributed by atoms with Gasteiger partial charge in [-0.05, 0) is 60.8 Å². The van der Waals surface area contributed by atoms with Gasteiger partial charge < -0.3 is 14.2 Å². The monoisotopic (exact) mass is 356 g/mol. The van der Waals surface area contributed by atoms with Crippen LogP contribution in [0.2, 0.25) is 0 Å². The highest BCUT2D eigenvalue weighted by atomic mass is 16.6. The first kappa shape index (κ1) is 19.3. The Bertz CT molecular complexity index is 567. The molecule has 3 saturated carbocycles. The summed E-state index contributed by atoms with van der Waals surface area (Å²) in [4.78, 5) is 36.6. The first-order valence-corrected chi connectivity index (χ1v) is 8.33. The molecule has 1 N–H and O–H groups in total. The maximum Gasteiger partial charge on any atom is 0.429 e. The van der Waals surface area contributed by atoms with Crippen LogP contribution in [0.15, 0.2) is 0 Å². The molecule has 8 nitrogen and oxygen atoms in total. The van der Waals surface area contributed by atoms with Crippen molar-refractivity contribution in [1.29, 1.82) is 0 Å². The van der Waals surface area contributed by atoms with Crippen molar-refractivity contribution in [3.63, 3.8) is 0 Å². The van der Waals surface area contributed by atoms with E-state index < -0.39 is 34.3 Å². The van der Waals surface area contributed by atoms with Gasteiger partial charge in [-0.15, -0.1) is 0 Å². The standard InChI is InChI=1S/C17H28N2O6/c1-14(2,3)24-12(21)18-19(13(22)25-15(4,5)6)17-8-16(9-17,10-17)11(20)23-7/h8-10H2,1-7H3,(H,18,21). The Morgan fingerprint density at radius 3 is 1.80 bits per heavy atom. The Balaban J connectivity index is 2.11. The van der Waals surface area contributed by atoms with Crippen LogP contribution in [0.4, 0.5) is 9.59 Å². The molecule has 0 unspecified atom stereocenters. The molecule has 3 rings (SSSR count). The summed E-state index contributed by atoms with van der Waals surface area (Å²) in [5, 5.41) is 1.18. The lowest BCUT2D eigenvalue weighted by molar-refractivity contribution is -0.235. The maximum atomic E-state index is 12.6. The summed E-state index contributed by atoms with van der Waals surface area (Å²) >= 11 is 0. The number of rotatable bonds is 2. The third-order valence-electron chi connectivity index (χ3n) is 4.27. The van der Waals surface area contributed by atoms with Crippen molar-refractivity contribution >= 4 is 18.2 Å². The number of nitrogens with one attached hydrogen (secondary N) is 1. The fourth-order valence-electron chi connectivity index (χ4n) is 3.46. The highest BCUT2D eigenvalue weighted by Gasteiger charge is 2.76. The van der Waals surface area contributed by atoms with E-state index >= 15 is 0 Å². The van der Waals surface area contributed by atoms with Crippen molar-refractivity contribution < 1.29 is 28.6 Å². The fraction of sp³-hybridized carbons (Fsp3) is 0.824. The van der Waals surface area contributed by atoms with Crippen LogP contribution in [0.1, 0.15) is 60.8 Å². The lowest BCUT2D eigenvalue weighted by Crippen LogP contribution is -2.80. The average molecular weight is 356 g/mol. The van der Waals surface area contributed by atoms with E-state index in [-0.39, 0.29) is 5.97 Å². The summed E-state index contributed by atoms with van der Waals surface area (Å²) in [7, 11) is 1.35. The highest BCUT2D eigenvalue weighted by molar-refractivity contribution is 5.84. The molecular weight excluding hydrogens is 328 g/mol. The zero-order chi connectivity index (χ0) is 19.3. The van der Waals surface area contributed by atoms with Crippen LogP contribution in [0, 0.1) is 5.41 Å². The summed E-state index contributed by atoms with van der Waals surface area (Å²) in [5.41, 5.74) is -0.0984. The smallest absolute Gasteiger partial charge is 0.429 e. The van der Waals surface area contributed by atoms with E-state index in [1.165, 1.54) is 12.1 Å². The predicted molar refractivity (Wildman–Crippen MR) is 88.5 cm³/mol. The molecule has 3 aliphatic rings. The molecule has 0 atom stereocenters. The van der Waals surface area contributed by atoms with Gasteiger partial charge in [0.15, 0.2) is 0 Å². The molecule has 2 bridgehead atoms. The summed E-state index contributed by atoms with van der Waals surface area (Å²) < 4.78 is 15.5. The summed E-state index contributed by atoms with van der Waals surface area (Å²) in [6.07, 6.45) is -0.114. The first-order chi connectivity index (χ1) is 11.2. The molecule has 0 saturated heterocycles. The van der Waals surface area contributed by atoms with Crippen molar-refractivity contribution in [1.82, 2.24) is 10.4 Å². The Morgan fingerprint density at radius 1 is 0.920 bits per heavy atom. The van der Waals surface area contributed by atoms with Gasteiger partial charge in [0.2, 0.25) is 0 Å². The summed E-state index contributed by atoms with van der Waals surface area (Å²) in [6, 6.07) is 0. The van der Waals surface area contributed by atoms with Gasteiger partial charge in [0, 0.05) is 0 Å². The molecule has 2 amide bonds. The largest absolute Gasteiger partial charge is 0.469 e. The topological polar surface area (TPSA) is 94.2 Å². The van der Waals surface area contributed by atoms with Crippen molar-refractivity contribution in [2.75, 3.05) is 7.11 Å². The van der Waals surface area contributed by atoms with Crippen LogP contribution in [-0.4, -0.2) is 47.0 Å². The minimum absolute atomic E-state index is 0.282. The number of hydrogen-bond acceptors (Lipinski definition) is 6. The van der Waals surface area contributed by atoms with Crippen LogP contribution in [-0.2, 0) is 19.0 Å². The van der Waals surface area contributed by atoms with Crippen LogP contribution in [0.5, 0.6) is 0 Å². The van der Waals surface area contributed by atoms with Crippen molar-refractivity contribution in [3.8, 4) is 0 Å². The fourth-order valence-corrected chi connectivity index (χ4v) is 3.46. The Labute approximate surface area is 148 Å². The molecule has 0 radical (unpaired) electrons. The normalized spacial score (nSPS) is 27.3. The van der Waals surface area contributed by atoms with Gasteiger partial charge in [0.1, 0.15) is 11.2 Å². The van der Waals surface area contributed by atoms with E-state index in [1.54, 1.807) is 41.5 Å². The van der Waals surface area contributed by atoms with Crippen molar-refractivity contribution in [2.24, 2.45) is 5.41 Å². The molecule has 8 heteroatoms. The van der Waals surface area contributed by atoms with Gasteiger partial charge in [-0.2, -0.15) is 0 Å². The summed E-state index contributed by atoms with van der Waals surface area (Å²) in [5.74, 6) is -0.282. The number of methoxy groups -OCH3 is 1. The number of amides is 2. The molecule has 142 valence electrons. The van der Waals surface area contributed by atoms with Crippen molar-refractivity contribution in [2.45, 2.75) is 77.5 Å². The lowest BCUT2D eigenvalue weighted by atomic mass is 9.39. The van der Waals surface area contributed by atoms with Crippen LogP contribution in [0.3, 0.4) is 0 Å². The Morgan fingerprint density at radius 2 is 1.40 bits per heavy atom. The number of hydrogen-bond donors (Lipinski definition) is 1. The molecule has 0 heterocycles. The second kappa shape index (κ2) is 5.78. The Hall–Kier alpha value is -1.99. The molecular formula is C17H28N2O6. The van der Waals surface area contributed by atoms with Crippen LogP contribution in [0.25, 0.3) is 0 Å². The molecule has 3 fully saturated rings. The predicted octanol–water partition coefficient (Wildman–Crippen LogP) is 2.76. The third kappa shape index (κ3) is 3.82. The third-order valence-corrected chi connectivity index (χ3v) is 4.27. The van der Waals surface area contributed by atoms with E-state index in [1.807, 2.05) is 0 Å². The molecule has 0 aromatic heterocycles. The minimum Gasteiger partial charge on any atom is -0.469 e. The number of nitrogens with zero attached hydrogens (tertiary/aromatic N) is 1. The van der Waals surface area contributed by atoms with E-state index in [0.717, 1.165) is 0 Å². The Kier molecular flexibility index (Phi) is 4.47. The molecule has 0 spiro atoms. The number of carbonyl (C=O) groups excluding carboxylic acids is 3. The molecule has 25 heavy (non-hydrogen) atoms. The molecule has 0 aliphatic heterocycles. The van der Waals surface area contributed by atoms with E-state index in [0.29, 0.717) is 19.3 Å².